The molecule has 27 heavy (non-hydrogen) atoms. The van der Waals surface area contributed by atoms with Gasteiger partial charge in [0.15, 0.2) is 5.96 Å². The minimum atomic E-state index is -0.0188. The highest BCUT2D eigenvalue weighted by Crippen LogP contribution is 2.23. The van der Waals surface area contributed by atoms with E-state index >= 15 is 0 Å². The van der Waals surface area contributed by atoms with E-state index < -0.39 is 0 Å². The summed E-state index contributed by atoms with van der Waals surface area (Å²) in [5.41, 5.74) is 1.23. The van der Waals surface area contributed by atoms with Gasteiger partial charge in [0.05, 0.1) is 0 Å². The lowest BCUT2D eigenvalue weighted by Crippen LogP contribution is -2.43. The first kappa shape index (κ1) is 22.0. The van der Waals surface area contributed by atoms with Crippen molar-refractivity contribution in [3.63, 3.8) is 0 Å². The summed E-state index contributed by atoms with van der Waals surface area (Å²) in [6.45, 7) is 9.43. The second-order valence-corrected chi connectivity index (χ2v) is 8.16. The number of hydrogen-bond acceptors (Lipinski definition) is 3. The van der Waals surface area contributed by atoms with Gasteiger partial charge in [-0.3, -0.25) is 4.99 Å². The van der Waals surface area contributed by atoms with Crippen molar-refractivity contribution in [1.29, 1.82) is 0 Å². The maximum absolute atomic E-state index is 5.99. The molecule has 0 bridgehead atoms. The summed E-state index contributed by atoms with van der Waals surface area (Å²) in [6.07, 6.45) is 3.21. The predicted octanol–water partition coefficient (Wildman–Crippen LogP) is 3.62. The van der Waals surface area contributed by atoms with Crippen molar-refractivity contribution in [2.24, 2.45) is 10.9 Å². The first-order valence-corrected chi connectivity index (χ1v) is 10.2. The molecule has 1 heterocycles. The van der Waals surface area contributed by atoms with Crippen LogP contribution in [0.25, 0.3) is 0 Å². The van der Waals surface area contributed by atoms with Crippen LogP contribution in [0.2, 0.25) is 5.02 Å². The van der Waals surface area contributed by atoms with Crippen LogP contribution in [0.4, 0.5) is 0 Å². The van der Waals surface area contributed by atoms with E-state index in [0.717, 1.165) is 69.8 Å². The third-order valence-electron chi connectivity index (χ3n) is 5.00. The molecular formula is C21H34ClN3O2. The summed E-state index contributed by atoms with van der Waals surface area (Å²) in [5.74, 6) is 1.48. The molecule has 1 saturated heterocycles. The van der Waals surface area contributed by atoms with E-state index in [1.165, 1.54) is 5.56 Å². The number of halogens is 1. The molecule has 0 aromatic heterocycles. The number of ether oxygens (including phenoxy) is 2. The zero-order chi connectivity index (χ0) is 19.5. The number of aliphatic imine (C=N–C) groups is 1. The summed E-state index contributed by atoms with van der Waals surface area (Å²) in [6, 6.07) is 8.03. The molecule has 1 fully saturated rings. The SMILES string of the molecule is CN=C(NCCCOCC1CCOCC1)NCC(C)(C)c1ccc(Cl)cc1. The molecule has 6 heteroatoms. The monoisotopic (exact) mass is 395 g/mol. The van der Waals surface area contributed by atoms with Gasteiger partial charge in [0, 0.05) is 57.0 Å². The maximum Gasteiger partial charge on any atom is 0.191 e. The van der Waals surface area contributed by atoms with Crippen molar-refractivity contribution in [3.05, 3.63) is 34.9 Å². The summed E-state index contributed by atoms with van der Waals surface area (Å²) >= 11 is 5.99. The van der Waals surface area contributed by atoms with Crippen LogP contribution in [0.5, 0.6) is 0 Å². The summed E-state index contributed by atoms with van der Waals surface area (Å²) < 4.78 is 11.2. The topological polar surface area (TPSA) is 54.9 Å². The molecule has 1 aromatic rings. The molecule has 0 radical (unpaired) electrons. The largest absolute Gasteiger partial charge is 0.381 e. The Morgan fingerprint density at radius 1 is 1.22 bits per heavy atom. The Morgan fingerprint density at radius 2 is 1.93 bits per heavy atom. The predicted molar refractivity (Wildman–Crippen MR) is 113 cm³/mol. The number of rotatable bonds is 9. The van der Waals surface area contributed by atoms with E-state index in [1.54, 1.807) is 7.05 Å². The van der Waals surface area contributed by atoms with Gasteiger partial charge in [-0.05, 0) is 42.9 Å². The van der Waals surface area contributed by atoms with Gasteiger partial charge in [-0.2, -0.15) is 0 Å². The average molecular weight is 396 g/mol. The third kappa shape index (κ3) is 8.08. The number of benzene rings is 1. The maximum atomic E-state index is 5.99. The van der Waals surface area contributed by atoms with Gasteiger partial charge < -0.3 is 20.1 Å². The summed E-state index contributed by atoms with van der Waals surface area (Å²) in [5, 5.41) is 7.54. The molecule has 1 aromatic carbocycles. The molecule has 0 amide bonds. The zero-order valence-electron chi connectivity index (χ0n) is 16.9. The molecule has 152 valence electrons. The Kier molecular flexibility index (Phi) is 9.39. The molecule has 0 spiro atoms. The Labute approximate surface area is 168 Å². The fourth-order valence-electron chi connectivity index (χ4n) is 3.07. The fourth-order valence-corrected chi connectivity index (χ4v) is 3.20. The molecule has 0 unspecified atom stereocenters. The van der Waals surface area contributed by atoms with Crippen LogP contribution in [0.15, 0.2) is 29.3 Å². The van der Waals surface area contributed by atoms with Gasteiger partial charge in [0.25, 0.3) is 0 Å². The number of guanidine groups is 1. The number of hydrogen-bond donors (Lipinski definition) is 2. The van der Waals surface area contributed by atoms with Gasteiger partial charge >= 0.3 is 0 Å². The van der Waals surface area contributed by atoms with Gasteiger partial charge in [0.2, 0.25) is 0 Å². The summed E-state index contributed by atoms with van der Waals surface area (Å²) in [7, 11) is 1.80. The number of nitrogens with zero attached hydrogens (tertiary/aromatic N) is 1. The minimum Gasteiger partial charge on any atom is -0.381 e. The van der Waals surface area contributed by atoms with Crippen LogP contribution in [-0.4, -0.2) is 52.5 Å². The Morgan fingerprint density at radius 3 is 2.59 bits per heavy atom. The smallest absolute Gasteiger partial charge is 0.191 e. The minimum absolute atomic E-state index is 0.0188. The lowest BCUT2D eigenvalue weighted by molar-refractivity contribution is 0.0203. The standard InChI is InChI=1S/C21H34ClN3O2/c1-21(2,18-5-7-19(22)8-6-18)16-25-20(23-3)24-11-4-12-27-15-17-9-13-26-14-10-17/h5-8,17H,4,9-16H2,1-3H3,(H2,23,24,25). The molecule has 0 aliphatic carbocycles. The van der Waals surface area contributed by atoms with E-state index in [9.17, 15) is 0 Å². The summed E-state index contributed by atoms with van der Waals surface area (Å²) in [4.78, 5) is 4.31. The van der Waals surface area contributed by atoms with Crippen LogP contribution in [0.3, 0.4) is 0 Å². The first-order valence-electron chi connectivity index (χ1n) is 9.87. The molecule has 0 saturated carbocycles. The second kappa shape index (κ2) is 11.5. The Bertz CT molecular complexity index is 569. The normalized spacial score (nSPS) is 16.4. The van der Waals surface area contributed by atoms with Crippen molar-refractivity contribution in [2.45, 2.75) is 38.5 Å². The molecule has 0 atom stereocenters. The van der Waals surface area contributed by atoms with Crippen molar-refractivity contribution >= 4 is 17.6 Å². The third-order valence-corrected chi connectivity index (χ3v) is 5.25. The quantitative estimate of drug-likeness (QED) is 0.381. The Hall–Kier alpha value is -1.30. The van der Waals surface area contributed by atoms with Crippen molar-refractivity contribution in [3.8, 4) is 0 Å². The highest BCUT2D eigenvalue weighted by Gasteiger charge is 2.20. The highest BCUT2D eigenvalue weighted by atomic mass is 35.5. The fraction of sp³-hybridized carbons (Fsp3) is 0.667. The average Bonchev–Trinajstić information content (AvgIpc) is 2.68. The van der Waals surface area contributed by atoms with Gasteiger partial charge in [-0.1, -0.05) is 37.6 Å². The first-order chi connectivity index (χ1) is 13.0. The van der Waals surface area contributed by atoms with Crippen LogP contribution in [0.1, 0.15) is 38.7 Å². The second-order valence-electron chi connectivity index (χ2n) is 7.73. The van der Waals surface area contributed by atoms with Crippen LogP contribution < -0.4 is 10.6 Å². The molecule has 1 aliphatic rings. The van der Waals surface area contributed by atoms with E-state index in [2.05, 4.69) is 41.6 Å². The molecular weight excluding hydrogens is 362 g/mol. The van der Waals surface area contributed by atoms with E-state index in [0.29, 0.717) is 5.92 Å². The van der Waals surface area contributed by atoms with E-state index in [4.69, 9.17) is 21.1 Å². The molecule has 5 nitrogen and oxygen atoms in total. The van der Waals surface area contributed by atoms with E-state index in [1.807, 2.05) is 12.1 Å². The van der Waals surface area contributed by atoms with Crippen LogP contribution >= 0.6 is 11.6 Å². The van der Waals surface area contributed by atoms with Crippen molar-refractivity contribution in [1.82, 2.24) is 10.6 Å². The van der Waals surface area contributed by atoms with Crippen LogP contribution in [-0.2, 0) is 14.9 Å². The zero-order valence-corrected chi connectivity index (χ0v) is 17.6. The lowest BCUT2D eigenvalue weighted by atomic mass is 9.85. The highest BCUT2D eigenvalue weighted by molar-refractivity contribution is 6.30. The van der Waals surface area contributed by atoms with Gasteiger partial charge in [-0.15, -0.1) is 0 Å². The van der Waals surface area contributed by atoms with Gasteiger partial charge in [0.1, 0.15) is 0 Å². The lowest BCUT2D eigenvalue weighted by Gasteiger charge is -2.27. The van der Waals surface area contributed by atoms with E-state index in [-0.39, 0.29) is 5.41 Å². The molecule has 2 rings (SSSR count). The van der Waals surface area contributed by atoms with Crippen molar-refractivity contribution in [2.75, 3.05) is 46.6 Å². The number of nitrogens with one attached hydrogen (secondary N) is 2. The molecule has 1 aliphatic heterocycles. The van der Waals surface area contributed by atoms with Crippen molar-refractivity contribution < 1.29 is 9.47 Å². The Balaban J connectivity index is 1.61. The van der Waals surface area contributed by atoms with Gasteiger partial charge in [-0.25, -0.2) is 0 Å². The van der Waals surface area contributed by atoms with Crippen LogP contribution in [0, 0.1) is 5.92 Å². The molecule has 2 N–H and O–H groups in total.